The second-order valence-corrected chi connectivity index (χ2v) is 6.43. The maximum absolute atomic E-state index is 13.8. The monoisotopic (exact) mass is 411 g/mol. The number of hydrogen-bond donors (Lipinski definition) is 2. The fraction of sp³-hybridized carbons (Fsp3) is 0.471. The molecule has 2 aromatic rings. The van der Waals surface area contributed by atoms with Gasteiger partial charge in [0, 0.05) is 30.5 Å². The lowest BCUT2D eigenvalue weighted by Crippen LogP contribution is -2.38. The van der Waals surface area contributed by atoms with Crippen LogP contribution in [-0.4, -0.2) is 35.7 Å². The van der Waals surface area contributed by atoms with Gasteiger partial charge in [-0.25, -0.2) is 4.39 Å². The molecule has 0 fully saturated rings. The molecule has 1 aromatic carbocycles. The number of halogens is 2. The highest BCUT2D eigenvalue weighted by atomic mass is 79.9. The van der Waals surface area contributed by atoms with Crippen LogP contribution in [0.15, 0.2) is 32.2 Å². The van der Waals surface area contributed by atoms with Crippen molar-refractivity contribution < 1.29 is 8.91 Å². The van der Waals surface area contributed by atoms with Gasteiger partial charge in [0.1, 0.15) is 5.82 Å². The first kappa shape index (κ1) is 19.4. The van der Waals surface area contributed by atoms with Crippen molar-refractivity contribution in [3.05, 3.63) is 45.8 Å². The summed E-state index contributed by atoms with van der Waals surface area (Å²) in [4.78, 5) is 8.67. The maximum Gasteiger partial charge on any atom is 0.228 e. The number of aromatic nitrogens is 2. The Hall–Kier alpha value is -1.96. The lowest BCUT2D eigenvalue weighted by atomic mass is 10.1. The van der Waals surface area contributed by atoms with E-state index < -0.39 is 0 Å². The summed E-state index contributed by atoms with van der Waals surface area (Å²) in [5, 5.41) is 10.2. The molecule has 8 heteroatoms. The molecule has 6 nitrogen and oxygen atoms in total. The van der Waals surface area contributed by atoms with Gasteiger partial charge in [0.25, 0.3) is 0 Å². The number of hydrogen-bond acceptors (Lipinski definition) is 4. The lowest BCUT2D eigenvalue weighted by Gasteiger charge is -2.10. The van der Waals surface area contributed by atoms with E-state index in [2.05, 4.69) is 41.7 Å². The van der Waals surface area contributed by atoms with Crippen molar-refractivity contribution in [1.82, 2.24) is 20.8 Å². The summed E-state index contributed by atoms with van der Waals surface area (Å²) in [5.41, 5.74) is 0.711. The first-order chi connectivity index (χ1) is 12.1. The molecule has 0 saturated heterocycles. The van der Waals surface area contributed by atoms with Crippen LogP contribution in [0.4, 0.5) is 4.39 Å². The highest BCUT2D eigenvalue weighted by Gasteiger charge is 2.04. The summed E-state index contributed by atoms with van der Waals surface area (Å²) in [6, 6.07) is 5.15. The van der Waals surface area contributed by atoms with Crippen molar-refractivity contribution in [3.63, 3.8) is 0 Å². The van der Waals surface area contributed by atoms with E-state index in [-0.39, 0.29) is 5.82 Å². The van der Waals surface area contributed by atoms with Gasteiger partial charge >= 0.3 is 0 Å². The molecule has 25 heavy (non-hydrogen) atoms. The summed E-state index contributed by atoms with van der Waals surface area (Å²) in [5.74, 6) is 1.79. The molecule has 0 aliphatic heterocycles. The van der Waals surface area contributed by atoms with Crippen LogP contribution >= 0.6 is 15.9 Å². The van der Waals surface area contributed by atoms with Crippen LogP contribution in [0, 0.1) is 12.7 Å². The van der Waals surface area contributed by atoms with Crippen molar-refractivity contribution in [3.8, 4) is 0 Å². The largest absolute Gasteiger partial charge is 0.357 e. The quantitative estimate of drug-likeness (QED) is 0.396. The van der Waals surface area contributed by atoms with Gasteiger partial charge in [0.05, 0.1) is 0 Å². The number of nitrogens with zero attached hydrogens (tertiary/aromatic N) is 3. The van der Waals surface area contributed by atoms with Crippen molar-refractivity contribution in [2.45, 2.75) is 33.1 Å². The zero-order chi connectivity index (χ0) is 18.1. The molecule has 0 radical (unpaired) electrons. The average Bonchev–Trinajstić information content (AvgIpc) is 2.98. The summed E-state index contributed by atoms with van der Waals surface area (Å²) in [6.07, 6.45) is 2.07. The van der Waals surface area contributed by atoms with E-state index in [0.29, 0.717) is 43.2 Å². The minimum Gasteiger partial charge on any atom is -0.357 e. The molecule has 0 bridgehead atoms. The number of guanidine groups is 1. The molecule has 0 saturated carbocycles. The minimum absolute atomic E-state index is 0.182. The SMILES string of the molecule is CCNC(=NCCCc1ccc(Br)cc1F)NCCc1nc(C)no1. The zero-order valence-electron chi connectivity index (χ0n) is 14.5. The Kier molecular flexibility index (Phi) is 7.84. The summed E-state index contributed by atoms with van der Waals surface area (Å²) < 4.78 is 19.6. The van der Waals surface area contributed by atoms with E-state index in [0.717, 1.165) is 23.4 Å². The van der Waals surface area contributed by atoms with E-state index in [1.165, 1.54) is 6.07 Å². The molecule has 136 valence electrons. The van der Waals surface area contributed by atoms with Crippen molar-refractivity contribution in [2.75, 3.05) is 19.6 Å². The van der Waals surface area contributed by atoms with Gasteiger partial charge in [-0.2, -0.15) is 4.98 Å². The third kappa shape index (κ3) is 6.81. The molecule has 1 aromatic heterocycles. The Balaban J connectivity index is 1.76. The van der Waals surface area contributed by atoms with Crippen LogP contribution in [0.2, 0.25) is 0 Å². The van der Waals surface area contributed by atoms with Crippen LogP contribution < -0.4 is 10.6 Å². The Bertz CT molecular complexity index is 704. The highest BCUT2D eigenvalue weighted by Crippen LogP contribution is 2.16. The smallest absolute Gasteiger partial charge is 0.228 e. The van der Waals surface area contributed by atoms with Gasteiger partial charge in [-0.1, -0.05) is 27.2 Å². The molecule has 2 N–H and O–H groups in total. The lowest BCUT2D eigenvalue weighted by molar-refractivity contribution is 0.374. The second kappa shape index (κ2) is 10.1. The number of aliphatic imine (C=N–C) groups is 1. The predicted octanol–water partition coefficient (Wildman–Crippen LogP) is 3.01. The molecule has 0 amide bonds. The van der Waals surface area contributed by atoms with E-state index in [1.807, 2.05) is 13.0 Å². The summed E-state index contributed by atoms with van der Waals surface area (Å²) in [7, 11) is 0. The maximum atomic E-state index is 13.8. The predicted molar refractivity (Wildman–Crippen MR) is 99.1 cm³/mol. The van der Waals surface area contributed by atoms with Gasteiger partial charge in [0.15, 0.2) is 11.8 Å². The van der Waals surface area contributed by atoms with Gasteiger partial charge < -0.3 is 15.2 Å². The fourth-order valence-corrected chi connectivity index (χ4v) is 2.59. The number of rotatable bonds is 8. The molecule has 0 atom stereocenters. The van der Waals surface area contributed by atoms with E-state index in [1.54, 1.807) is 13.0 Å². The average molecular weight is 412 g/mol. The molecule has 0 unspecified atom stereocenters. The second-order valence-electron chi connectivity index (χ2n) is 5.51. The third-order valence-corrected chi connectivity index (χ3v) is 3.93. The standard InChI is InChI=1S/C17H23BrFN5O/c1-3-20-17(22-10-8-16-23-12(2)24-25-16)21-9-4-5-13-6-7-14(18)11-15(13)19/h6-7,11H,3-5,8-10H2,1-2H3,(H2,20,21,22). The number of nitrogens with one attached hydrogen (secondary N) is 2. The molecular weight excluding hydrogens is 389 g/mol. The highest BCUT2D eigenvalue weighted by molar-refractivity contribution is 9.10. The number of benzene rings is 1. The Morgan fingerprint density at radius 3 is 2.84 bits per heavy atom. The van der Waals surface area contributed by atoms with Gasteiger partial charge in [-0.15, -0.1) is 0 Å². The van der Waals surface area contributed by atoms with Gasteiger partial charge in [-0.3, -0.25) is 4.99 Å². The van der Waals surface area contributed by atoms with E-state index in [4.69, 9.17) is 4.52 Å². The van der Waals surface area contributed by atoms with Crippen molar-refractivity contribution >= 4 is 21.9 Å². The van der Waals surface area contributed by atoms with Crippen LogP contribution in [0.5, 0.6) is 0 Å². The van der Waals surface area contributed by atoms with Crippen molar-refractivity contribution in [1.29, 1.82) is 0 Å². The normalized spacial score (nSPS) is 11.6. The first-order valence-corrected chi connectivity index (χ1v) is 9.13. The molecular formula is C17H23BrFN5O. The van der Waals surface area contributed by atoms with Gasteiger partial charge in [0.2, 0.25) is 5.89 Å². The Morgan fingerprint density at radius 2 is 2.16 bits per heavy atom. The van der Waals surface area contributed by atoms with Crippen molar-refractivity contribution in [2.24, 2.45) is 4.99 Å². The van der Waals surface area contributed by atoms with Crippen LogP contribution in [0.3, 0.4) is 0 Å². The summed E-state index contributed by atoms with van der Waals surface area (Å²) >= 11 is 3.26. The molecule has 0 spiro atoms. The molecule has 0 aliphatic carbocycles. The van der Waals surface area contributed by atoms with Gasteiger partial charge in [-0.05, 0) is 44.4 Å². The minimum atomic E-state index is -0.182. The van der Waals surface area contributed by atoms with E-state index in [9.17, 15) is 4.39 Å². The first-order valence-electron chi connectivity index (χ1n) is 8.33. The van der Waals surface area contributed by atoms with Crippen LogP contribution in [0.25, 0.3) is 0 Å². The molecule has 2 rings (SSSR count). The fourth-order valence-electron chi connectivity index (χ4n) is 2.26. The molecule has 1 heterocycles. The third-order valence-electron chi connectivity index (χ3n) is 3.43. The van der Waals surface area contributed by atoms with Crippen LogP contribution in [-0.2, 0) is 12.8 Å². The Morgan fingerprint density at radius 1 is 1.32 bits per heavy atom. The summed E-state index contributed by atoms with van der Waals surface area (Å²) in [6.45, 7) is 5.84. The van der Waals surface area contributed by atoms with E-state index >= 15 is 0 Å². The topological polar surface area (TPSA) is 75.3 Å². The Labute approximate surface area is 155 Å². The zero-order valence-corrected chi connectivity index (χ0v) is 16.1. The number of aryl methyl sites for hydroxylation is 2. The molecule has 0 aliphatic rings. The van der Waals surface area contributed by atoms with Crippen LogP contribution in [0.1, 0.15) is 30.6 Å².